The molecule has 32 heavy (non-hydrogen) atoms. The van der Waals surface area contributed by atoms with Crippen molar-refractivity contribution in [3.05, 3.63) is 94.9 Å². The van der Waals surface area contributed by atoms with Crippen LogP contribution in [0.25, 0.3) is 27.9 Å². The van der Waals surface area contributed by atoms with Gasteiger partial charge in [-0.2, -0.15) is 4.52 Å². The Balaban J connectivity index is 1.61. The van der Waals surface area contributed by atoms with E-state index in [1.54, 1.807) is 24.3 Å². The van der Waals surface area contributed by atoms with Gasteiger partial charge in [0.15, 0.2) is 17.3 Å². The first-order valence-corrected chi connectivity index (χ1v) is 10.4. The third kappa shape index (κ3) is 3.43. The molecule has 7 heteroatoms. The van der Waals surface area contributed by atoms with E-state index >= 15 is 0 Å². The van der Waals surface area contributed by atoms with Gasteiger partial charge in [-0.1, -0.05) is 42.5 Å². The van der Waals surface area contributed by atoms with Crippen molar-refractivity contribution in [3.63, 3.8) is 0 Å². The van der Waals surface area contributed by atoms with Gasteiger partial charge in [-0.25, -0.2) is 9.78 Å². The summed E-state index contributed by atoms with van der Waals surface area (Å²) in [5.74, 6) is 0.982. The summed E-state index contributed by atoms with van der Waals surface area (Å²) in [6, 6.07) is 23.8. The Hall–Kier alpha value is -4.26. The lowest BCUT2D eigenvalue weighted by Crippen LogP contribution is -2.30. The topological polar surface area (TPSA) is 78.5 Å². The minimum atomic E-state index is -0.410. The lowest BCUT2D eigenvalue weighted by atomic mass is 10.1. The largest absolute Gasteiger partial charge is 0.494 e. The molecule has 0 unspecified atom stereocenters. The van der Waals surface area contributed by atoms with E-state index in [0.29, 0.717) is 34.9 Å². The molecule has 3 aromatic carbocycles. The van der Waals surface area contributed by atoms with Crippen molar-refractivity contribution in [1.29, 1.82) is 0 Å². The number of carbonyl (C=O) groups excluding carboxylic acids is 1. The minimum absolute atomic E-state index is 0.107. The first kappa shape index (κ1) is 19.7. The highest BCUT2D eigenvalue weighted by atomic mass is 16.5. The zero-order valence-corrected chi connectivity index (χ0v) is 17.4. The molecule has 2 aromatic heterocycles. The van der Waals surface area contributed by atoms with Crippen molar-refractivity contribution >= 4 is 22.3 Å². The van der Waals surface area contributed by atoms with E-state index in [1.807, 2.05) is 61.5 Å². The van der Waals surface area contributed by atoms with Crippen LogP contribution in [0, 0.1) is 0 Å². The normalized spacial score (nSPS) is 11.2. The van der Waals surface area contributed by atoms with Gasteiger partial charge in [0, 0.05) is 16.5 Å². The molecule has 158 valence electrons. The quantitative estimate of drug-likeness (QED) is 0.385. The predicted molar refractivity (Wildman–Crippen MR) is 122 cm³/mol. The van der Waals surface area contributed by atoms with Crippen molar-refractivity contribution in [1.82, 2.24) is 19.2 Å². The molecule has 0 aliphatic rings. The maximum Gasteiger partial charge on any atom is 0.351 e. The predicted octanol–water partition coefficient (Wildman–Crippen LogP) is 3.99. The van der Waals surface area contributed by atoms with E-state index in [9.17, 15) is 9.59 Å². The number of para-hydroxylation sites is 1. The van der Waals surface area contributed by atoms with Gasteiger partial charge in [0.2, 0.25) is 0 Å². The summed E-state index contributed by atoms with van der Waals surface area (Å²) in [5, 5.41) is 5.20. The number of carbonyl (C=O) groups is 1. The zero-order chi connectivity index (χ0) is 22.1. The average Bonchev–Trinajstić information content (AvgIpc) is 3.29. The van der Waals surface area contributed by atoms with E-state index in [-0.39, 0.29) is 12.3 Å². The summed E-state index contributed by atoms with van der Waals surface area (Å²) in [7, 11) is 0. The Morgan fingerprint density at radius 3 is 2.41 bits per heavy atom. The zero-order valence-electron chi connectivity index (χ0n) is 17.4. The van der Waals surface area contributed by atoms with Crippen molar-refractivity contribution in [3.8, 4) is 17.1 Å². The van der Waals surface area contributed by atoms with Crippen LogP contribution in [0.15, 0.2) is 83.7 Å². The van der Waals surface area contributed by atoms with Crippen LogP contribution < -0.4 is 10.4 Å². The third-order valence-electron chi connectivity index (χ3n) is 5.28. The SMILES string of the molecule is CCOc1ccc(C(=O)Cn2c(=O)n3nc(-c4ccccc4)nc3c3ccccc32)cc1. The Kier molecular flexibility index (Phi) is 4.99. The standard InChI is InChI=1S/C25H20N4O3/c1-2-32-19-14-12-17(13-15-19)22(30)16-28-21-11-7-6-10-20(21)24-26-23(27-29(24)25(28)31)18-8-4-3-5-9-18/h3-15H,2,16H2,1H3. The van der Waals surface area contributed by atoms with E-state index in [1.165, 1.54) is 9.08 Å². The van der Waals surface area contributed by atoms with Crippen LogP contribution >= 0.6 is 0 Å². The van der Waals surface area contributed by atoms with Crippen molar-refractivity contribution in [2.24, 2.45) is 0 Å². The van der Waals surface area contributed by atoms with E-state index < -0.39 is 5.69 Å². The first-order chi connectivity index (χ1) is 15.7. The number of fused-ring (bicyclic) bond motifs is 3. The van der Waals surface area contributed by atoms with Gasteiger partial charge in [-0.3, -0.25) is 9.36 Å². The fourth-order valence-electron chi connectivity index (χ4n) is 3.74. The highest BCUT2D eigenvalue weighted by Crippen LogP contribution is 2.21. The maximum atomic E-state index is 13.3. The number of ether oxygens (including phenoxy) is 1. The maximum absolute atomic E-state index is 13.3. The van der Waals surface area contributed by atoms with Crippen LogP contribution in [-0.4, -0.2) is 31.6 Å². The van der Waals surface area contributed by atoms with Gasteiger partial charge in [-0.15, -0.1) is 5.10 Å². The molecule has 0 aliphatic heterocycles. The van der Waals surface area contributed by atoms with Crippen molar-refractivity contribution in [2.45, 2.75) is 13.5 Å². The second-order valence-electron chi connectivity index (χ2n) is 7.30. The molecule has 0 saturated heterocycles. The Bertz CT molecular complexity index is 1490. The van der Waals surface area contributed by atoms with E-state index in [0.717, 1.165) is 10.9 Å². The number of hydrogen-bond acceptors (Lipinski definition) is 5. The minimum Gasteiger partial charge on any atom is -0.494 e. The second kappa shape index (κ2) is 8.11. The highest BCUT2D eigenvalue weighted by molar-refractivity contribution is 5.98. The number of rotatable bonds is 6. The average molecular weight is 424 g/mol. The highest BCUT2D eigenvalue weighted by Gasteiger charge is 2.18. The Labute approximate surface area is 183 Å². The summed E-state index contributed by atoms with van der Waals surface area (Å²) in [6.07, 6.45) is 0. The van der Waals surface area contributed by atoms with E-state index in [4.69, 9.17) is 4.74 Å². The van der Waals surface area contributed by atoms with Gasteiger partial charge in [0.05, 0.1) is 18.7 Å². The smallest absolute Gasteiger partial charge is 0.351 e. The summed E-state index contributed by atoms with van der Waals surface area (Å²) < 4.78 is 8.16. The number of aromatic nitrogens is 4. The van der Waals surface area contributed by atoms with E-state index in [2.05, 4.69) is 10.1 Å². The number of ketones is 1. The molecule has 0 amide bonds. The van der Waals surface area contributed by atoms with Crippen molar-refractivity contribution in [2.75, 3.05) is 6.61 Å². The summed E-state index contributed by atoms with van der Waals surface area (Å²) in [4.78, 5) is 31.0. The monoisotopic (exact) mass is 424 g/mol. The first-order valence-electron chi connectivity index (χ1n) is 10.4. The van der Waals surface area contributed by atoms with Gasteiger partial charge >= 0.3 is 5.69 Å². The summed E-state index contributed by atoms with van der Waals surface area (Å²) in [6.45, 7) is 2.35. The molecule has 5 rings (SSSR count). The Morgan fingerprint density at radius 1 is 0.938 bits per heavy atom. The number of hydrogen-bond donors (Lipinski definition) is 0. The number of Topliss-reactive ketones (excluding diaryl/α,β-unsaturated/α-hetero) is 1. The van der Waals surface area contributed by atoms with Crippen LogP contribution in [0.4, 0.5) is 0 Å². The number of nitrogens with zero attached hydrogens (tertiary/aromatic N) is 4. The number of benzene rings is 3. The fraction of sp³-hybridized carbons (Fsp3) is 0.120. The molecule has 0 spiro atoms. The molecule has 0 aliphatic carbocycles. The van der Waals surface area contributed by atoms with Gasteiger partial charge in [0.1, 0.15) is 5.75 Å². The lowest BCUT2D eigenvalue weighted by molar-refractivity contribution is 0.0971. The molecule has 0 N–H and O–H groups in total. The van der Waals surface area contributed by atoms with Crippen LogP contribution in [0.2, 0.25) is 0 Å². The van der Waals surface area contributed by atoms with Crippen LogP contribution in [0.3, 0.4) is 0 Å². The second-order valence-corrected chi connectivity index (χ2v) is 7.30. The molecule has 5 aromatic rings. The van der Waals surface area contributed by atoms with Gasteiger partial charge in [-0.05, 0) is 43.3 Å². The van der Waals surface area contributed by atoms with Crippen LogP contribution in [-0.2, 0) is 6.54 Å². The van der Waals surface area contributed by atoms with Crippen molar-refractivity contribution < 1.29 is 9.53 Å². The summed E-state index contributed by atoms with van der Waals surface area (Å²) in [5.41, 5.74) is 2.02. The van der Waals surface area contributed by atoms with Gasteiger partial charge < -0.3 is 4.74 Å². The molecule has 7 nitrogen and oxygen atoms in total. The Morgan fingerprint density at radius 2 is 1.66 bits per heavy atom. The molecule has 0 atom stereocenters. The van der Waals surface area contributed by atoms with Crippen LogP contribution in [0.5, 0.6) is 5.75 Å². The molecule has 2 heterocycles. The lowest BCUT2D eigenvalue weighted by Gasteiger charge is -2.11. The molecular formula is C25H20N4O3. The fourth-order valence-corrected chi connectivity index (χ4v) is 3.74. The summed E-state index contributed by atoms with van der Waals surface area (Å²) >= 11 is 0. The molecule has 0 saturated carbocycles. The molecule has 0 radical (unpaired) electrons. The molecular weight excluding hydrogens is 404 g/mol. The van der Waals surface area contributed by atoms with Crippen LogP contribution in [0.1, 0.15) is 17.3 Å². The molecule has 0 bridgehead atoms. The van der Waals surface area contributed by atoms with Gasteiger partial charge in [0.25, 0.3) is 0 Å². The molecule has 0 fully saturated rings. The third-order valence-corrected chi connectivity index (χ3v) is 5.28.